The summed E-state index contributed by atoms with van der Waals surface area (Å²) in [4.78, 5) is 0. The Morgan fingerprint density at radius 2 is 1.52 bits per heavy atom. The summed E-state index contributed by atoms with van der Waals surface area (Å²) in [6.07, 6.45) is 10.3. The number of nitrogens with zero attached hydrogens (tertiary/aromatic N) is 2. The molecule has 2 nitrogen and oxygen atoms in total. The lowest BCUT2D eigenvalue weighted by Crippen LogP contribution is -2.20. The van der Waals surface area contributed by atoms with Gasteiger partial charge in [0.1, 0.15) is 0 Å². The molecular formula is C31H36N2. The summed E-state index contributed by atoms with van der Waals surface area (Å²) in [5.41, 5.74) is 6.37. The minimum atomic E-state index is 0.199. The van der Waals surface area contributed by atoms with Crippen molar-refractivity contribution in [3.8, 4) is 0 Å². The van der Waals surface area contributed by atoms with Gasteiger partial charge in [-0.2, -0.15) is 5.10 Å². The minimum Gasteiger partial charge on any atom is -0.257 e. The van der Waals surface area contributed by atoms with Gasteiger partial charge in [-0.15, -0.1) is 0 Å². The van der Waals surface area contributed by atoms with E-state index in [1.165, 1.54) is 42.4 Å². The average Bonchev–Trinajstić information content (AvgIpc) is 3.28. The SMILES string of the molecule is CCCCCC(C)(C)c1ccc(N2N=C(C=Cc3ccccc3)CC2c2ccccc2)cc1. The second kappa shape index (κ2) is 10.7. The fourth-order valence-electron chi connectivity index (χ4n) is 4.59. The smallest absolute Gasteiger partial charge is 0.0831 e. The molecule has 33 heavy (non-hydrogen) atoms. The van der Waals surface area contributed by atoms with E-state index in [0.717, 1.165) is 17.8 Å². The Bertz CT molecular complexity index is 1060. The first-order valence-corrected chi connectivity index (χ1v) is 12.3. The Hall–Kier alpha value is -3.13. The van der Waals surface area contributed by atoms with Crippen LogP contribution in [0.25, 0.3) is 6.08 Å². The van der Waals surface area contributed by atoms with Crippen LogP contribution in [0.4, 0.5) is 5.69 Å². The van der Waals surface area contributed by atoms with Crippen molar-refractivity contribution in [3.63, 3.8) is 0 Å². The molecule has 1 aliphatic rings. The number of hydrogen-bond donors (Lipinski definition) is 0. The third kappa shape index (κ3) is 5.82. The van der Waals surface area contributed by atoms with Crippen molar-refractivity contribution in [1.29, 1.82) is 0 Å². The van der Waals surface area contributed by atoms with E-state index in [0.29, 0.717) is 0 Å². The normalized spacial score (nSPS) is 16.4. The summed E-state index contributed by atoms with van der Waals surface area (Å²) in [7, 11) is 0. The van der Waals surface area contributed by atoms with Crippen LogP contribution in [0.1, 0.15) is 75.6 Å². The Kier molecular flexibility index (Phi) is 7.44. The lowest BCUT2D eigenvalue weighted by atomic mass is 9.80. The quantitative estimate of drug-likeness (QED) is 0.307. The van der Waals surface area contributed by atoms with Gasteiger partial charge >= 0.3 is 0 Å². The van der Waals surface area contributed by atoms with E-state index in [1.807, 2.05) is 6.07 Å². The molecule has 4 rings (SSSR count). The summed E-state index contributed by atoms with van der Waals surface area (Å²) in [6.45, 7) is 7.00. The number of hydrazone groups is 1. The van der Waals surface area contributed by atoms with Crippen LogP contribution in [0.2, 0.25) is 0 Å². The van der Waals surface area contributed by atoms with Gasteiger partial charge in [-0.3, -0.25) is 5.01 Å². The molecule has 3 aromatic carbocycles. The van der Waals surface area contributed by atoms with Gasteiger partial charge in [0.15, 0.2) is 0 Å². The van der Waals surface area contributed by atoms with Crippen molar-refractivity contribution >= 4 is 17.5 Å². The molecule has 3 aromatic rings. The Balaban J connectivity index is 1.58. The van der Waals surface area contributed by atoms with Gasteiger partial charge in [0.25, 0.3) is 0 Å². The molecule has 0 fully saturated rings. The molecule has 0 aromatic heterocycles. The molecule has 0 saturated carbocycles. The summed E-state index contributed by atoms with van der Waals surface area (Å²) >= 11 is 0. The Morgan fingerprint density at radius 3 is 2.18 bits per heavy atom. The lowest BCUT2D eigenvalue weighted by molar-refractivity contribution is 0.450. The van der Waals surface area contributed by atoms with Gasteiger partial charge in [0, 0.05) is 6.42 Å². The van der Waals surface area contributed by atoms with Crippen molar-refractivity contribution in [2.24, 2.45) is 5.10 Å². The predicted octanol–water partition coefficient (Wildman–Crippen LogP) is 8.57. The molecule has 0 bridgehead atoms. The van der Waals surface area contributed by atoms with Crippen molar-refractivity contribution in [3.05, 3.63) is 108 Å². The van der Waals surface area contributed by atoms with Crippen LogP contribution in [0.15, 0.2) is 96.1 Å². The Morgan fingerprint density at radius 1 is 0.848 bits per heavy atom. The highest BCUT2D eigenvalue weighted by Crippen LogP contribution is 2.37. The first kappa shape index (κ1) is 23.0. The number of unbranched alkanes of at least 4 members (excludes halogenated alkanes) is 2. The topological polar surface area (TPSA) is 15.6 Å². The molecule has 0 spiro atoms. The standard InChI is InChI=1S/C31H36N2/c1-4-5-12-23-31(2,3)27-18-21-29(22-19-27)33-30(26-15-10-7-11-16-26)24-28(32-33)20-17-25-13-8-6-9-14-25/h6-11,13-22,30H,4-5,12,23-24H2,1-3H3. The molecule has 1 unspecified atom stereocenters. The van der Waals surface area contributed by atoms with E-state index in [4.69, 9.17) is 5.10 Å². The maximum Gasteiger partial charge on any atom is 0.0831 e. The zero-order chi connectivity index (χ0) is 23.1. The molecule has 1 atom stereocenters. The second-order valence-electron chi connectivity index (χ2n) is 9.70. The van der Waals surface area contributed by atoms with Crippen molar-refractivity contribution in [1.82, 2.24) is 0 Å². The van der Waals surface area contributed by atoms with Gasteiger partial charge in [0.05, 0.1) is 17.4 Å². The van der Waals surface area contributed by atoms with Crippen LogP contribution in [0.5, 0.6) is 0 Å². The fraction of sp³-hybridized carbons (Fsp3) is 0.323. The highest BCUT2D eigenvalue weighted by Gasteiger charge is 2.28. The largest absolute Gasteiger partial charge is 0.257 e. The summed E-state index contributed by atoms with van der Waals surface area (Å²) in [5, 5.41) is 7.25. The molecule has 1 heterocycles. The molecule has 0 amide bonds. The van der Waals surface area contributed by atoms with E-state index in [-0.39, 0.29) is 11.5 Å². The zero-order valence-corrected chi connectivity index (χ0v) is 20.2. The van der Waals surface area contributed by atoms with Crippen LogP contribution in [0, 0.1) is 0 Å². The minimum absolute atomic E-state index is 0.199. The predicted molar refractivity (Wildman–Crippen MR) is 143 cm³/mol. The molecule has 170 valence electrons. The first-order chi connectivity index (χ1) is 16.1. The summed E-state index contributed by atoms with van der Waals surface area (Å²) < 4.78 is 0. The molecule has 0 N–H and O–H groups in total. The fourth-order valence-corrected chi connectivity index (χ4v) is 4.59. The van der Waals surface area contributed by atoms with Crippen LogP contribution >= 0.6 is 0 Å². The number of benzene rings is 3. The number of hydrogen-bond acceptors (Lipinski definition) is 2. The number of rotatable bonds is 9. The van der Waals surface area contributed by atoms with Crippen molar-refractivity contribution in [2.75, 3.05) is 5.01 Å². The van der Waals surface area contributed by atoms with Crippen molar-refractivity contribution in [2.45, 2.75) is 64.3 Å². The molecule has 2 heteroatoms. The molecular weight excluding hydrogens is 400 g/mol. The first-order valence-electron chi connectivity index (χ1n) is 12.3. The third-order valence-electron chi connectivity index (χ3n) is 6.70. The van der Waals surface area contributed by atoms with Crippen LogP contribution < -0.4 is 5.01 Å². The van der Waals surface area contributed by atoms with Gasteiger partial charge in [-0.1, -0.05) is 119 Å². The summed E-state index contributed by atoms with van der Waals surface area (Å²) in [5.74, 6) is 0. The highest BCUT2D eigenvalue weighted by molar-refractivity contribution is 6.01. The zero-order valence-electron chi connectivity index (χ0n) is 20.2. The lowest BCUT2D eigenvalue weighted by Gasteiger charge is -2.28. The molecule has 0 saturated heterocycles. The number of allylic oxidation sites excluding steroid dienone is 1. The molecule has 0 radical (unpaired) electrons. The van der Waals surface area contributed by atoms with Gasteiger partial charge in [0.2, 0.25) is 0 Å². The van der Waals surface area contributed by atoms with E-state index < -0.39 is 0 Å². The van der Waals surface area contributed by atoms with Gasteiger partial charge in [-0.05, 0) is 46.7 Å². The van der Waals surface area contributed by atoms with E-state index in [9.17, 15) is 0 Å². The summed E-state index contributed by atoms with van der Waals surface area (Å²) in [6, 6.07) is 30.5. The van der Waals surface area contributed by atoms with Gasteiger partial charge in [-0.25, -0.2) is 0 Å². The van der Waals surface area contributed by atoms with E-state index in [1.54, 1.807) is 0 Å². The van der Waals surface area contributed by atoms with Gasteiger partial charge < -0.3 is 0 Å². The third-order valence-corrected chi connectivity index (χ3v) is 6.70. The van der Waals surface area contributed by atoms with Crippen LogP contribution in [0.3, 0.4) is 0 Å². The van der Waals surface area contributed by atoms with E-state index in [2.05, 4.69) is 117 Å². The second-order valence-corrected chi connectivity index (χ2v) is 9.70. The van der Waals surface area contributed by atoms with Crippen LogP contribution in [-0.2, 0) is 5.41 Å². The average molecular weight is 437 g/mol. The Labute approximate surface area is 199 Å². The monoisotopic (exact) mass is 436 g/mol. The van der Waals surface area contributed by atoms with E-state index >= 15 is 0 Å². The maximum atomic E-state index is 5.05. The van der Waals surface area contributed by atoms with Crippen LogP contribution in [-0.4, -0.2) is 5.71 Å². The maximum absolute atomic E-state index is 5.05. The van der Waals surface area contributed by atoms with Crippen molar-refractivity contribution < 1.29 is 0 Å². The highest BCUT2D eigenvalue weighted by atomic mass is 15.5. The molecule has 0 aliphatic carbocycles. The number of anilines is 1. The molecule has 1 aliphatic heterocycles.